The number of hydrogen-bond acceptors (Lipinski definition) is 3. The molecule has 0 atom stereocenters. The van der Waals surface area contributed by atoms with Crippen molar-refractivity contribution in [3.8, 4) is 0 Å². The first-order chi connectivity index (χ1) is 7.74. The van der Waals surface area contributed by atoms with E-state index in [1.54, 1.807) is 0 Å². The van der Waals surface area contributed by atoms with Crippen LogP contribution in [0.1, 0.15) is 12.5 Å². The molecule has 1 aliphatic heterocycles. The second-order valence-corrected chi connectivity index (χ2v) is 4.53. The van der Waals surface area contributed by atoms with Gasteiger partial charge in [0.2, 0.25) is 0 Å². The SMILES string of the molecule is C=CCN1CC(CN)(n2cc(CC)cn2)C1. The summed E-state index contributed by atoms with van der Waals surface area (Å²) in [6.45, 7) is 9.41. The maximum atomic E-state index is 5.90. The molecule has 1 aromatic rings. The Morgan fingerprint density at radius 1 is 1.62 bits per heavy atom. The summed E-state index contributed by atoms with van der Waals surface area (Å²) in [5, 5.41) is 4.43. The monoisotopic (exact) mass is 220 g/mol. The summed E-state index contributed by atoms with van der Waals surface area (Å²) >= 11 is 0. The van der Waals surface area contributed by atoms with E-state index in [4.69, 9.17) is 5.73 Å². The molecule has 2 N–H and O–H groups in total. The van der Waals surface area contributed by atoms with Crippen LogP contribution < -0.4 is 5.73 Å². The molecule has 0 radical (unpaired) electrons. The van der Waals surface area contributed by atoms with Crippen LogP contribution in [0.3, 0.4) is 0 Å². The summed E-state index contributed by atoms with van der Waals surface area (Å²) in [5.74, 6) is 0. The van der Waals surface area contributed by atoms with Gasteiger partial charge in [-0.05, 0) is 12.0 Å². The standard InChI is InChI=1S/C12H20N4/c1-3-5-15-9-12(8-13,10-15)16-7-11(4-2)6-14-16/h3,6-7H,1,4-5,8-10,13H2,2H3. The minimum absolute atomic E-state index is 0.0103. The number of rotatable bonds is 5. The fraction of sp³-hybridized carbons (Fsp3) is 0.583. The molecule has 4 heteroatoms. The molecule has 16 heavy (non-hydrogen) atoms. The highest BCUT2D eigenvalue weighted by Gasteiger charge is 2.43. The number of hydrogen-bond donors (Lipinski definition) is 1. The molecule has 0 bridgehead atoms. The summed E-state index contributed by atoms with van der Waals surface area (Å²) in [6.07, 6.45) is 7.02. The van der Waals surface area contributed by atoms with Gasteiger partial charge in [0, 0.05) is 32.4 Å². The van der Waals surface area contributed by atoms with Crippen molar-refractivity contribution in [3.05, 3.63) is 30.6 Å². The van der Waals surface area contributed by atoms with Crippen LogP contribution in [-0.4, -0.2) is 40.9 Å². The average Bonchev–Trinajstić information content (AvgIpc) is 2.71. The maximum absolute atomic E-state index is 5.90. The Labute approximate surface area is 96.7 Å². The highest BCUT2D eigenvalue weighted by atomic mass is 15.4. The van der Waals surface area contributed by atoms with Crippen LogP contribution in [0, 0.1) is 0 Å². The second kappa shape index (κ2) is 4.39. The number of nitrogens with two attached hydrogens (primary N) is 1. The first-order valence-corrected chi connectivity index (χ1v) is 5.81. The van der Waals surface area contributed by atoms with Crippen molar-refractivity contribution in [2.24, 2.45) is 5.73 Å². The van der Waals surface area contributed by atoms with Gasteiger partial charge in [-0.2, -0.15) is 5.10 Å². The highest BCUT2D eigenvalue weighted by molar-refractivity contribution is 5.10. The number of nitrogens with zero attached hydrogens (tertiary/aromatic N) is 3. The van der Waals surface area contributed by atoms with E-state index in [1.807, 2.05) is 17.0 Å². The molecule has 0 aliphatic carbocycles. The van der Waals surface area contributed by atoms with E-state index >= 15 is 0 Å². The maximum Gasteiger partial charge on any atom is 0.100 e. The van der Waals surface area contributed by atoms with Crippen LogP contribution in [0.15, 0.2) is 25.0 Å². The number of likely N-dealkylation sites (tertiary alicyclic amines) is 1. The molecule has 1 aromatic heterocycles. The van der Waals surface area contributed by atoms with Gasteiger partial charge in [-0.1, -0.05) is 13.0 Å². The lowest BCUT2D eigenvalue weighted by Gasteiger charge is -2.49. The Balaban J connectivity index is 2.09. The van der Waals surface area contributed by atoms with E-state index in [1.165, 1.54) is 5.56 Å². The van der Waals surface area contributed by atoms with Crippen LogP contribution in [-0.2, 0) is 12.0 Å². The highest BCUT2D eigenvalue weighted by Crippen LogP contribution is 2.27. The summed E-state index contributed by atoms with van der Waals surface area (Å²) in [7, 11) is 0. The quantitative estimate of drug-likeness (QED) is 0.739. The predicted octanol–water partition coefficient (Wildman–Crippen LogP) is 0.601. The molecule has 0 aromatic carbocycles. The third-order valence-electron chi connectivity index (χ3n) is 3.33. The smallest absolute Gasteiger partial charge is 0.100 e. The summed E-state index contributed by atoms with van der Waals surface area (Å²) in [6, 6.07) is 0. The van der Waals surface area contributed by atoms with E-state index in [2.05, 4.69) is 29.7 Å². The average molecular weight is 220 g/mol. The van der Waals surface area contributed by atoms with Crippen LogP contribution >= 0.6 is 0 Å². The minimum atomic E-state index is 0.0103. The van der Waals surface area contributed by atoms with E-state index in [0.717, 1.165) is 26.1 Å². The van der Waals surface area contributed by atoms with Gasteiger partial charge in [-0.3, -0.25) is 9.58 Å². The molecule has 1 aliphatic rings. The van der Waals surface area contributed by atoms with Crippen molar-refractivity contribution < 1.29 is 0 Å². The summed E-state index contributed by atoms with van der Waals surface area (Å²) < 4.78 is 2.05. The lowest BCUT2D eigenvalue weighted by molar-refractivity contribution is 0.0180. The molecule has 0 saturated carbocycles. The van der Waals surface area contributed by atoms with Gasteiger partial charge in [-0.15, -0.1) is 6.58 Å². The van der Waals surface area contributed by atoms with Gasteiger partial charge in [-0.25, -0.2) is 0 Å². The van der Waals surface area contributed by atoms with Gasteiger partial charge < -0.3 is 5.73 Å². The minimum Gasteiger partial charge on any atom is -0.328 e. The Morgan fingerprint density at radius 3 is 2.88 bits per heavy atom. The Morgan fingerprint density at radius 2 is 2.38 bits per heavy atom. The van der Waals surface area contributed by atoms with E-state index in [0.29, 0.717) is 6.54 Å². The Kier molecular flexibility index (Phi) is 3.12. The van der Waals surface area contributed by atoms with Crippen LogP contribution in [0.25, 0.3) is 0 Å². The molecule has 4 nitrogen and oxygen atoms in total. The molecule has 0 spiro atoms. The van der Waals surface area contributed by atoms with Crippen LogP contribution in [0.2, 0.25) is 0 Å². The van der Waals surface area contributed by atoms with Crippen LogP contribution in [0.4, 0.5) is 0 Å². The third kappa shape index (κ3) is 1.79. The van der Waals surface area contributed by atoms with Crippen molar-refractivity contribution in [2.75, 3.05) is 26.2 Å². The molecule has 88 valence electrons. The van der Waals surface area contributed by atoms with Gasteiger partial charge in [0.25, 0.3) is 0 Å². The van der Waals surface area contributed by atoms with Crippen molar-refractivity contribution in [1.29, 1.82) is 0 Å². The summed E-state index contributed by atoms with van der Waals surface area (Å²) in [4.78, 5) is 2.33. The second-order valence-electron chi connectivity index (χ2n) is 4.53. The Hall–Kier alpha value is -1.13. The lowest BCUT2D eigenvalue weighted by Crippen LogP contribution is -2.66. The zero-order chi connectivity index (χ0) is 11.6. The number of aromatic nitrogens is 2. The van der Waals surface area contributed by atoms with Crippen molar-refractivity contribution >= 4 is 0 Å². The van der Waals surface area contributed by atoms with Gasteiger partial charge >= 0.3 is 0 Å². The largest absolute Gasteiger partial charge is 0.328 e. The number of aryl methyl sites for hydroxylation is 1. The van der Waals surface area contributed by atoms with Crippen molar-refractivity contribution in [2.45, 2.75) is 18.9 Å². The molecule has 0 amide bonds. The van der Waals surface area contributed by atoms with E-state index < -0.39 is 0 Å². The van der Waals surface area contributed by atoms with Crippen LogP contribution in [0.5, 0.6) is 0 Å². The first kappa shape index (κ1) is 11.4. The topological polar surface area (TPSA) is 47.1 Å². The van der Waals surface area contributed by atoms with Gasteiger partial charge in [0.15, 0.2) is 0 Å². The fourth-order valence-electron chi connectivity index (χ4n) is 2.27. The van der Waals surface area contributed by atoms with Gasteiger partial charge in [0.05, 0.1) is 6.20 Å². The normalized spacial score (nSPS) is 19.4. The summed E-state index contributed by atoms with van der Waals surface area (Å²) in [5.41, 5.74) is 7.18. The zero-order valence-corrected chi connectivity index (χ0v) is 9.89. The van der Waals surface area contributed by atoms with E-state index in [9.17, 15) is 0 Å². The molecule has 1 fully saturated rings. The zero-order valence-electron chi connectivity index (χ0n) is 9.89. The Bertz CT molecular complexity index is 363. The third-order valence-corrected chi connectivity index (χ3v) is 3.33. The molecule has 2 rings (SSSR count). The molecule has 0 unspecified atom stereocenters. The fourth-order valence-corrected chi connectivity index (χ4v) is 2.27. The molecular weight excluding hydrogens is 200 g/mol. The van der Waals surface area contributed by atoms with Gasteiger partial charge in [0.1, 0.15) is 5.54 Å². The molecule has 2 heterocycles. The van der Waals surface area contributed by atoms with Crippen molar-refractivity contribution in [1.82, 2.24) is 14.7 Å². The molecular formula is C12H20N4. The lowest BCUT2D eigenvalue weighted by atomic mass is 9.90. The first-order valence-electron chi connectivity index (χ1n) is 5.81. The predicted molar refractivity (Wildman–Crippen MR) is 65.3 cm³/mol. The van der Waals surface area contributed by atoms with Crippen molar-refractivity contribution in [3.63, 3.8) is 0 Å². The molecule has 1 saturated heterocycles. The van der Waals surface area contributed by atoms with E-state index in [-0.39, 0.29) is 5.54 Å².